The summed E-state index contributed by atoms with van der Waals surface area (Å²) >= 11 is 5.11. The Morgan fingerprint density at radius 2 is 2.15 bits per heavy atom. The largest absolute Gasteiger partial charge is 0.305 e. The molecule has 1 atom stereocenters. The van der Waals surface area contributed by atoms with Gasteiger partial charge in [-0.25, -0.2) is 0 Å². The van der Waals surface area contributed by atoms with E-state index in [9.17, 15) is 10.1 Å². The van der Waals surface area contributed by atoms with Crippen LogP contribution in [0.1, 0.15) is 29.0 Å². The number of hydrogen-bond acceptors (Lipinski definition) is 4. The summed E-state index contributed by atoms with van der Waals surface area (Å²) in [5.41, 5.74) is 1.79. The minimum absolute atomic E-state index is 0.0650. The summed E-state index contributed by atoms with van der Waals surface area (Å²) in [4.78, 5) is 11.9. The van der Waals surface area contributed by atoms with E-state index in [0.29, 0.717) is 5.56 Å². The maximum Gasteiger partial charge on any atom is 0.272 e. The molecule has 0 saturated heterocycles. The maximum atomic E-state index is 11.0. The highest BCUT2D eigenvalue weighted by atomic mass is 79.9. The van der Waals surface area contributed by atoms with Crippen LogP contribution in [0.5, 0.6) is 0 Å². The first-order valence-electron chi connectivity index (χ1n) is 6.20. The molecule has 1 aromatic heterocycles. The van der Waals surface area contributed by atoms with Gasteiger partial charge in [0, 0.05) is 29.1 Å². The number of rotatable bonds is 5. The van der Waals surface area contributed by atoms with Gasteiger partial charge in [-0.3, -0.25) is 10.1 Å². The topological polar surface area (TPSA) is 55.2 Å². The van der Waals surface area contributed by atoms with Gasteiger partial charge in [-0.15, -0.1) is 11.3 Å². The summed E-state index contributed by atoms with van der Waals surface area (Å²) in [6.07, 6.45) is 0. The van der Waals surface area contributed by atoms with Gasteiger partial charge in [0.25, 0.3) is 5.69 Å². The number of nitrogens with one attached hydrogen (secondary N) is 1. The summed E-state index contributed by atoms with van der Waals surface area (Å²) in [6, 6.07) is 9.53. The summed E-state index contributed by atoms with van der Waals surface area (Å²) in [5, 5.41) is 14.3. The molecule has 0 aliphatic rings. The summed E-state index contributed by atoms with van der Waals surface area (Å²) in [7, 11) is 0. The van der Waals surface area contributed by atoms with Gasteiger partial charge in [-0.1, -0.05) is 12.1 Å². The lowest BCUT2D eigenvalue weighted by Crippen LogP contribution is -2.17. The third-order valence-corrected chi connectivity index (χ3v) is 4.76. The number of halogens is 1. The standard InChI is InChI=1S/C14H15BrN2O2S/c1-9-3-4-11(7-13(9)17(18)19)10(2)16-8-12-5-6-14(15)20-12/h3-7,10,16H,8H2,1-2H3. The van der Waals surface area contributed by atoms with Crippen molar-refractivity contribution >= 4 is 33.0 Å². The molecule has 2 rings (SSSR count). The number of nitrogens with zero attached hydrogens (tertiary/aromatic N) is 1. The number of hydrogen-bond donors (Lipinski definition) is 1. The van der Waals surface area contributed by atoms with Gasteiger partial charge in [0.15, 0.2) is 0 Å². The van der Waals surface area contributed by atoms with Gasteiger partial charge >= 0.3 is 0 Å². The Labute approximate surface area is 130 Å². The minimum Gasteiger partial charge on any atom is -0.305 e. The lowest BCUT2D eigenvalue weighted by Gasteiger charge is -2.14. The third-order valence-electron chi connectivity index (χ3n) is 3.14. The van der Waals surface area contributed by atoms with E-state index >= 15 is 0 Å². The zero-order valence-electron chi connectivity index (χ0n) is 11.2. The molecule has 6 heteroatoms. The second kappa shape index (κ2) is 6.47. The maximum absolute atomic E-state index is 11.0. The van der Waals surface area contributed by atoms with E-state index in [1.54, 1.807) is 30.4 Å². The molecule has 0 bridgehead atoms. The van der Waals surface area contributed by atoms with Gasteiger partial charge in [0.1, 0.15) is 0 Å². The molecule has 1 aromatic carbocycles. The zero-order valence-corrected chi connectivity index (χ0v) is 13.6. The van der Waals surface area contributed by atoms with Gasteiger partial charge in [-0.05, 0) is 47.5 Å². The highest BCUT2D eigenvalue weighted by molar-refractivity contribution is 9.11. The number of aryl methyl sites for hydroxylation is 1. The molecule has 2 aromatic rings. The number of nitro groups is 1. The first-order chi connectivity index (χ1) is 9.47. The molecule has 106 valence electrons. The highest BCUT2D eigenvalue weighted by Crippen LogP contribution is 2.25. The quantitative estimate of drug-likeness (QED) is 0.631. The molecule has 0 aliphatic heterocycles. The molecule has 0 fully saturated rings. The van der Waals surface area contributed by atoms with E-state index in [2.05, 4.69) is 27.3 Å². The van der Waals surface area contributed by atoms with Gasteiger partial charge in [0.05, 0.1) is 8.71 Å². The molecular weight excluding hydrogens is 340 g/mol. The Kier molecular flexibility index (Phi) is 4.91. The monoisotopic (exact) mass is 354 g/mol. The van der Waals surface area contributed by atoms with Crippen molar-refractivity contribution in [1.82, 2.24) is 5.32 Å². The van der Waals surface area contributed by atoms with Gasteiger partial charge < -0.3 is 5.32 Å². The lowest BCUT2D eigenvalue weighted by atomic mass is 10.0. The van der Waals surface area contributed by atoms with Crippen molar-refractivity contribution in [3.8, 4) is 0 Å². The predicted molar refractivity (Wildman–Crippen MR) is 85.1 cm³/mol. The van der Waals surface area contributed by atoms with Crippen molar-refractivity contribution in [3.05, 3.63) is 60.2 Å². The molecular formula is C14H15BrN2O2S. The minimum atomic E-state index is -0.331. The third kappa shape index (κ3) is 3.65. The Hall–Kier alpha value is -1.24. The smallest absolute Gasteiger partial charge is 0.272 e. The van der Waals surface area contributed by atoms with Crippen LogP contribution in [-0.2, 0) is 6.54 Å². The van der Waals surface area contributed by atoms with Crippen LogP contribution in [0, 0.1) is 17.0 Å². The highest BCUT2D eigenvalue weighted by Gasteiger charge is 2.14. The van der Waals surface area contributed by atoms with Gasteiger partial charge in [0.2, 0.25) is 0 Å². The number of thiophene rings is 1. The van der Waals surface area contributed by atoms with Crippen molar-refractivity contribution in [1.29, 1.82) is 0 Å². The van der Waals surface area contributed by atoms with Crippen molar-refractivity contribution < 1.29 is 4.92 Å². The molecule has 0 radical (unpaired) electrons. The van der Waals surface area contributed by atoms with Crippen LogP contribution in [0.2, 0.25) is 0 Å². The normalized spacial score (nSPS) is 12.3. The molecule has 1 unspecified atom stereocenters. The average molecular weight is 355 g/mol. The fourth-order valence-corrected chi connectivity index (χ4v) is 3.34. The average Bonchev–Trinajstić information content (AvgIpc) is 2.82. The van der Waals surface area contributed by atoms with Crippen molar-refractivity contribution in [2.24, 2.45) is 0 Å². The summed E-state index contributed by atoms with van der Waals surface area (Å²) < 4.78 is 1.10. The van der Waals surface area contributed by atoms with Crippen LogP contribution >= 0.6 is 27.3 Å². The Bertz CT molecular complexity index is 627. The van der Waals surface area contributed by atoms with Crippen LogP contribution in [0.3, 0.4) is 0 Å². The molecule has 4 nitrogen and oxygen atoms in total. The van der Waals surface area contributed by atoms with E-state index < -0.39 is 0 Å². The molecule has 0 spiro atoms. The van der Waals surface area contributed by atoms with Crippen LogP contribution in [-0.4, -0.2) is 4.92 Å². The fraction of sp³-hybridized carbons (Fsp3) is 0.286. The molecule has 0 aliphatic carbocycles. The van der Waals surface area contributed by atoms with E-state index in [4.69, 9.17) is 0 Å². The number of benzene rings is 1. The summed E-state index contributed by atoms with van der Waals surface area (Å²) in [5.74, 6) is 0. The van der Waals surface area contributed by atoms with Gasteiger partial charge in [-0.2, -0.15) is 0 Å². The second-order valence-corrected chi connectivity index (χ2v) is 7.16. The SMILES string of the molecule is Cc1ccc(C(C)NCc2ccc(Br)s2)cc1[N+](=O)[O-]. The predicted octanol–water partition coefficient (Wildman–Crippen LogP) is 4.58. The van der Waals surface area contributed by atoms with Crippen LogP contribution in [0.15, 0.2) is 34.1 Å². The fourth-order valence-electron chi connectivity index (χ4n) is 1.91. The Balaban J connectivity index is 2.07. The van der Waals surface area contributed by atoms with Crippen LogP contribution in [0.25, 0.3) is 0 Å². The van der Waals surface area contributed by atoms with E-state index in [-0.39, 0.29) is 16.7 Å². The van der Waals surface area contributed by atoms with Crippen molar-refractivity contribution in [2.75, 3.05) is 0 Å². The molecule has 1 N–H and O–H groups in total. The molecule has 0 saturated carbocycles. The Morgan fingerprint density at radius 1 is 1.40 bits per heavy atom. The molecule has 20 heavy (non-hydrogen) atoms. The zero-order chi connectivity index (χ0) is 14.7. The van der Waals surface area contributed by atoms with Crippen molar-refractivity contribution in [3.63, 3.8) is 0 Å². The summed E-state index contributed by atoms with van der Waals surface area (Å²) in [6.45, 7) is 4.51. The van der Waals surface area contributed by atoms with E-state index in [1.165, 1.54) is 4.88 Å². The van der Waals surface area contributed by atoms with Crippen molar-refractivity contribution in [2.45, 2.75) is 26.4 Å². The first kappa shape index (κ1) is 15.2. The molecule has 1 heterocycles. The van der Waals surface area contributed by atoms with Crippen LogP contribution < -0.4 is 5.32 Å². The van der Waals surface area contributed by atoms with E-state index in [1.807, 2.05) is 19.1 Å². The molecule has 0 amide bonds. The van der Waals surface area contributed by atoms with Crippen LogP contribution in [0.4, 0.5) is 5.69 Å². The number of nitro benzene ring substituents is 1. The second-order valence-electron chi connectivity index (χ2n) is 4.61. The Morgan fingerprint density at radius 3 is 2.75 bits per heavy atom. The first-order valence-corrected chi connectivity index (χ1v) is 7.81. The lowest BCUT2D eigenvalue weighted by molar-refractivity contribution is -0.385. The van der Waals surface area contributed by atoms with E-state index in [0.717, 1.165) is 15.9 Å².